The van der Waals surface area contributed by atoms with Crippen molar-refractivity contribution < 1.29 is 27.9 Å². The summed E-state index contributed by atoms with van der Waals surface area (Å²) in [7, 11) is 1.20. The molecule has 178 valence electrons. The molecular formula is C23H23Cl2F3N2O3. The normalized spacial score (nSPS) is 13.2. The van der Waals surface area contributed by atoms with Crippen LogP contribution in [-0.2, 0) is 16.9 Å². The lowest BCUT2D eigenvalue weighted by molar-refractivity contribution is -0.161. The molecule has 1 N–H and O–H groups in total. The van der Waals surface area contributed by atoms with E-state index in [-0.39, 0.29) is 29.6 Å². The zero-order valence-corrected chi connectivity index (χ0v) is 19.3. The third-order valence-corrected chi connectivity index (χ3v) is 5.89. The van der Waals surface area contributed by atoms with E-state index in [4.69, 9.17) is 23.2 Å². The van der Waals surface area contributed by atoms with E-state index in [2.05, 4.69) is 6.58 Å². The van der Waals surface area contributed by atoms with Gasteiger partial charge in [-0.15, -0.1) is 6.58 Å². The number of carbonyl (C=O) groups excluding carboxylic acids is 1. The van der Waals surface area contributed by atoms with E-state index < -0.39 is 30.1 Å². The molecule has 0 unspecified atom stereocenters. The first-order valence-corrected chi connectivity index (χ1v) is 10.6. The number of hydrogen-bond acceptors (Lipinski definition) is 2. The Kier molecular flexibility index (Phi) is 8.80. The van der Waals surface area contributed by atoms with Gasteiger partial charge in [-0.3, -0.25) is 9.69 Å². The first kappa shape index (κ1) is 26.5. The molecule has 0 aromatic heterocycles. The largest absolute Gasteiger partial charge is 0.465 e. The van der Waals surface area contributed by atoms with Gasteiger partial charge in [0.25, 0.3) is 0 Å². The Morgan fingerprint density at radius 1 is 1.09 bits per heavy atom. The number of alkyl halides is 3. The highest BCUT2D eigenvalue weighted by Crippen LogP contribution is 2.38. The quantitative estimate of drug-likeness (QED) is 0.406. The van der Waals surface area contributed by atoms with Gasteiger partial charge in [-0.2, -0.15) is 13.2 Å². The number of rotatable bonds is 9. The van der Waals surface area contributed by atoms with Crippen LogP contribution in [0.2, 0.25) is 10.0 Å². The lowest BCUT2D eigenvalue weighted by Gasteiger charge is -2.45. The number of benzene rings is 2. The molecule has 1 atom stereocenters. The fourth-order valence-electron chi connectivity index (χ4n) is 3.60. The van der Waals surface area contributed by atoms with E-state index in [9.17, 15) is 27.9 Å². The number of likely N-dealkylation sites (N-methyl/N-ethyl adjacent to an activating group) is 1. The van der Waals surface area contributed by atoms with Gasteiger partial charge in [0.2, 0.25) is 5.91 Å². The number of carbonyl (C=O) groups is 2. The number of nitrogens with zero attached hydrogens (tertiary/aromatic N) is 2. The predicted octanol–water partition coefficient (Wildman–Crippen LogP) is 6.36. The van der Waals surface area contributed by atoms with Gasteiger partial charge in [0.1, 0.15) is 6.42 Å². The average Bonchev–Trinajstić information content (AvgIpc) is 2.73. The molecule has 0 aliphatic heterocycles. The van der Waals surface area contributed by atoms with Gasteiger partial charge in [0.15, 0.2) is 0 Å². The van der Waals surface area contributed by atoms with Crippen LogP contribution in [0.1, 0.15) is 24.0 Å². The van der Waals surface area contributed by atoms with Crippen LogP contribution in [0.3, 0.4) is 0 Å². The zero-order valence-electron chi connectivity index (χ0n) is 17.8. The molecule has 2 rings (SSSR count). The van der Waals surface area contributed by atoms with Crippen molar-refractivity contribution in [1.29, 1.82) is 0 Å². The summed E-state index contributed by atoms with van der Waals surface area (Å²) in [5, 5.41) is 10.5. The van der Waals surface area contributed by atoms with Crippen LogP contribution in [0.5, 0.6) is 0 Å². The van der Waals surface area contributed by atoms with Gasteiger partial charge in [0, 0.05) is 20.1 Å². The highest BCUT2D eigenvalue weighted by molar-refractivity contribution is 6.42. The Bertz CT molecular complexity index is 1000. The summed E-state index contributed by atoms with van der Waals surface area (Å²) in [6.45, 7) is 3.25. The first-order valence-electron chi connectivity index (χ1n) is 9.81. The molecule has 0 spiro atoms. The third kappa shape index (κ3) is 6.88. The molecule has 10 heteroatoms. The van der Waals surface area contributed by atoms with Crippen LogP contribution in [0.25, 0.3) is 0 Å². The van der Waals surface area contributed by atoms with Gasteiger partial charge >= 0.3 is 12.3 Å². The van der Waals surface area contributed by atoms with E-state index in [1.54, 1.807) is 36.4 Å². The van der Waals surface area contributed by atoms with Crippen LogP contribution in [-0.4, -0.2) is 46.7 Å². The van der Waals surface area contributed by atoms with Crippen molar-refractivity contribution in [2.45, 2.75) is 31.1 Å². The van der Waals surface area contributed by atoms with Crippen LogP contribution in [0.15, 0.2) is 61.2 Å². The fraction of sp³-hybridized carbons (Fsp3) is 0.304. The molecule has 0 heterocycles. The fourth-order valence-corrected chi connectivity index (χ4v) is 3.90. The molecule has 33 heavy (non-hydrogen) atoms. The minimum atomic E-state index is -4.70. The highest BCUT2D eigenvalue weighted by Gasteiger charge is 2.44. The van der Waals surface area contributed by atoms with Gasteiger partial charge in [0.05, 0.1) is 15.6 Å². The lowest BCUT2D eigenvalue weighted by Crippen LogP contribution is -2.55. The zero-order chi connectivity index (χ0) is 24.8. The monoisotopic (exact) mass is 502 g/mol. The maximum absolute atomic E-state index is 12.8. The second-order valence-electron chi connectivity index (χ2n) is 7.55. The molecular weight excluding hydrogens is 480 g/mol. The topological polar surface area (TPSA) is 60.9 Å². The summed E-state index contributed by atoms with van der Waals surface area (Å²) >= 11 is 12.2. The standard InChI is InChI=1S/C23H23Cl2F3N2O3/c1-3-11-22(17-9-10-18(24)19(25)12-17,15-29(2)20(31)13-23(26,27)28)30(21(32)33)14-16-7-5-4-6-8-16/h3-10,12H,1,11,13-15H2,2H3,(H,32,33)/t22-/m1/s1. The van der Waals surface area contributed by atoms with Gasteiger partial charge < -0.3 is 10.0 Å². The molecule has 2 aromatic rings. The predicted molar refractivity (Wildman–Crippen MR) is 121 cm³/mol. The Morgan fingerprint density at radius 2 is 1.73 bits per heavy atom. The second kappa shape index (κ2) is 10.9. The lowest BCUT2D eigenvalue weighted by atomic mass is 9.83. The molecule has 0 saturated heterocycles. The van der Waals surface area contributed by atoms with Crippen molar-refractivity contribution in [3.8, 4) is 0 Å². The molecule has 0 aliphatic rings. The minimum absolute atomic E-state index is 0.00622. The summed E-state index contributed by atoms with van der Waals surface area (Å²) in [5.41, 5.74) is -0.479. The minimum Gasteiger partial charge on any atom is -0.465 e. The van der Waals surface area contributed by atoms with Crippen molar-refractivity contribution >= 4 is 35.2 Å². The average molecular weight is 503 g/mol. The Balaban J connectivity index is 2.64. The van der Waals surface area contributed by atoms with Crippen LogP contribution in [0, 0.1) is 0 Å². The van der Waals surface area contributed by atoms with E-state index in [0.717, 1.165) is 9.80 Å². The smallest absolute Gasteiger partial charge is 0.408 e. The molecule has 2 amide bonds. The Hall–Kier alpha value is -2.71. The number of carboxylic acid groups (broad SMARTS) is 1. The van der Waals surface area contributed by atoms with E-state index in [0.29, 0.717) is 11.1 Å². The van der Waals surface area contributed by atoms with Crippen LogP contribution < -0.4 is 0 Å². The van der Waals surface area contributed by atoms with E-state index >= 15 is 0 Å². The summed E-state index contributed by atoms with van der Waals surface area (Å²) in [4.78, 5) is 26.8. The molecule has 5 nitrogen and oxygen atoms in total. The molecule has 0 fully saturated rings. The van der Waals surface area contributed by atoms with Gasteiger partial charge in [-0.05, 0) is 29.7 Å². The van der Waals surface area contributed by atoms with Crippen molar-refractivity contribution in [1.82, 2.24) is 9.80 Å². The summed E-state index contributed by atoms with van der Waals surface area (Å²) in [6.07, 6.45) is -6.25. The van der Waals surface area contributed by atoms with Crippen molar-refractivity contribution in [3.63, 3.8) is 0 Å². The second-order valence-corrected chi connectivity index (χ2v) is 8.36. The van der Waals surface area contributed by atoms with E-state index in [1.165, 1.54) is 25.3 Å². The third-order valence-electron chi connectivity index (χ3n) is 5.15. The number of hydrogen-bond donors (Lipinski definition) is 1. The van der Waals surface area contributed by atoms with Crippen molar-refractivity contribution in [3.05, 3.63) is 82.4 Å². The molecule has 2 aromatic carbocycles. The van der Waals surface area contributed by atoms with Gasteiger partial charge in [-0.25, -0.2) is 4.79 Å². The maximum Gasteiger partial charge on any atom is 0.408 e. The van der Waals surface area contributed by atoms with Crippen molar-refractivity contribution in [2.24, 2.45) is 0 Å². The highest BCUT2D eigenvalue weighted by atomic mass is 35.5. The first-order chi connectivity index (χ1) is 15.4. The molecule has 0 bridgehead atoms. The number of halogens is 5. The van der Waals surface area contributed by atoms with Crippen LogP contribution >= 0.6 is 23.2 Å². The van der Waals surface area contributed by atoms with Gasteiger partial charge in [-0.1, -0.05) is 65.7 Å². The summed E-state index contributed by atoms with van der Waals surface area (Å²) in [6, 6.07) is 13.2. The SMILES string of the molecule is C=CC[C@@](CN(C)C(=O)CC(F)(F)F)(c1ccc(Cl)c(Cl)c1)N(Cc1ccccc1)C(=O)O. The van der Waals surface area contributed by atoms with E-state index in [1.807, 2.05) is 0 Å². The molecule has 0 radical (unpaired) electrons. The number of amides is 2. The molecule has 0 aliphatic carbocycles. The van der Waals surface area contributed by atoms with Crippen LogP contribution in [0.4, 0.5) is 18.0 Å². The molecule has 0 saturated carbocycles. The van der Waals surface area contributed by atoms with Crippen molar-refractivity contribution in [2.75, 3.05) is 13.6 Å². The maximum atomic E-state index is 12.8. The summed E-state index contributed by atoms with van der Waals surface area (Å²) < 4.78 is 38.5. The summed E-state index contributed by atoms with van der Waals surface area (Å²) in [5.74, 6) is -1.19. The Morgan fingerprint density at radius 3 is 2.24 bits per heavy atom. The Labute approximate surface area is 200 Å².